The molecule has 0 fully saturated rings. The van der Waals surface area contributed by atoms with Gasteiger partial charge in [0.2, 0.25) is 0 Å². The van der Waals surface area contributed by atoms with E-state index in [1.165, 1.54) is 5.56 Å². The van der Waals surface area contributed by atoms with Crippen LogP contribution in [0, 0.1) is 6.92 Å². The Kier molecular flexibility index (Phi) is 3.51. The molecule has 1 aromatic heterocycles. The maximum absolute atomic E-state index is 5.89. The molecular weight excluding hydrogens is 222 g/mol. The van der Waals surface area contributed by atoms with E-state index in [1.807, 2.05) is 19.1 Å². The van der Waals surface area contributed by atoms with Crippen LogP contribution in [0.15, 0.2) is 36.5 Å². The molecule has 0 aliphatic carbocycles. The molecule has 18 heavy (non-hydrogen) atoms. The quantitative estimate of drug-likeness (QED) is 0.858. The lowest BCUT2D eigenvalue weighted by molar-refractivity contribution is 0.869. The number of aryl methyl sites for hydroxylation is 1. The third kappa shape index (κ3) is 2.62. The van der Waals surface area contributed by atoms with Crippen LogP contribution in [-0.4, -0.2) is 4.98 Å². The summed E-state index contributed by atoms with van der Waals surface area (Å²) in [4.78, 5) is 4.34. The highest BCUT2D eigenvalue weighted by molar-refractivity contribution is 5.64. The van der Waals surface area contributed by atoms with Crippen molar-refractivity contribution >= 4 is 17.2 Å². The molecular formula is C15H19N3. The smallest absolute Gasteiger partial charge is 0.132 e. The molecule has 0 unspecified atom stereocenters. The van der Waals surface area contributed by atoms with Crippen molar-refractivity contribution in [1.29, 1.82) is 0 Å². The Morgan fingerprint density at radius 3 is 2.61 bits per heavy atom. The topological polar surface area (TPSA) is 50.9 Å². The number of nitrogen functional groups attached to an aromatic ring is 1. The molecule has 0 bridgehead atoms. The van der Waals surface area contributed by atoms with Crippen molar-refractivity contribution in [2.75, 3.05) is 11.1 Å². The molecule has 2 rings (SSSR count). The van der Waals surface area contributed by atoms with Crippen LogP contribution in [0.4, 0.5) is 17.2 Å². The monoisotopic (exact) mass is 241 g/mol. The van der Waals surface area contributed by atoms with Crippen LogP contribution in [0.3, 0.4) is 0 Å². The summed E-state index contributed by atoms with van der Waals surface area (Å²) in [6, 6.07) is 10.1. The minimum absolute atomic E-state index is 0.469. The predicted molar refractivity (Wildman–Crippen MR) is 77.2 cm³/mol. The molecule has 0 saturated heterocycles. The van der Waals surface area contributed by atoms with Crippen LogP contribution in [0.5, 0.6) is 0 Å². The third-order valence-corrected chi connectivity index (χ3v) is 2.99. The zero-order chi connectivity index (χ0) is 13.1. The first-order chi connectivity index (χ1) is 8.58. The van der Waals surface area contributed by atoms with E-state index >= 15 is 0 Å². The number of anilines is 3. The highest BCUT2D eigenvalue weighted by Crippen LogP contribution is 2.26. The third-order valence-electron chi connectivity index (χ3n) is 2.99. The number of hydrogen-bond donors (Lipinski definition) is 2. The maximum atomic E-state index is 5.89. The summed E-state index contributed by atoms with van der Waals surface area (Å²) >= 11 is 0. The van der Waals surface area contributed by atoms with Gasteiger partial charge >= 0.3 is 0 Å². The van der Waals surface area contributed by atoms with Crippen LogP contribution in [-0.2, 0) is 0 Å². The summed E-state index contributed by atoms with van der Waals surface area (Å²) < 4.78 is 0. The normalized spacial score (nSPS) is 10.7. The average molecular weight is 241 g/mol. The number of nitrogens with two attached hydrogens (primary N) is 1. The molecule has 94 valence electrons. The Hall–Kier alpha value is -2.03. The van der Waals surface area contributed by atoms with E-state index in [-0.39, 0.29) is 0 Å². The Labute approximate surface area is 108 Å². The number of rotatable bonds is 3. The SMILES string of the molecule is Cc1cnc(Nc2ccccc2C(C)C)cc1N. The van der Waals surface area contributed by atoms with Gasteiger partial charge in [-0.1, -0.05) is 32.0 Å². The fraction of sp³-hybridized carbons (Fsp3) is 0.267. The fourth-order valence-corrected chi connectivity index (χ4v) is 1.86. The van der Waals surface area contributed by atoms with Gasteiger partial charge in [-0.3, -0.25) is 0 Å². The first-order valence-electron chi connectivity index (χ1n) is 6.16. The predicted octanol–water partition coefficient (Wildman–Crippen LogP) is 3.84. The molecule has 3 nitrogen and oxygen atoms in total. The van der Waals surface area contributed by atoms with Gasteiger partial charge in [-0.15, -0.1) is 0 Å². The summed E-state index contributed by atoms with van der Waals surface area (Å²) in [6.45, 7) is 6.31. The lowest BCUT2D eigenvalue weighted by atomic mass is 10.0. The number of para-hydroxylation sites is 1. The van der Waals surface area contributed by atoms with E-state index in [2.05, 4.69) is 42.3 Å². The molecule has 3 N–H and O–H groups in total. The van der Waals surface area contributed by atoms with Crippen LogP contribution in [0.2, 0.25) is 0 Å². The Morgan fingerprint density at radius 1 is 1.22 bits per heavy atom. The molecule has 0 aliphatic rings. The standard InChI is InChI=1S/C15H19N3/c1-10(2)12-6-4-5-7-14(12)18-15-8-13(16)11(3)9-17-15/h4-10H,1-3H3,(H3,16,17,18). The summed E-state index contributed by atoms with van der Waals surface area (Å²) in [7, 11) is 0. The summed E-state index contributed by atoms with van der Waals surface area (Å²) in [5.41, 5.74) is 10.0. The second-order valence-electron chi connectivity index (χ2n) is 4.79. The van der Waals surface area contributed by atoms with Crippen LogP contribution < -0.4 is 11.1 Å². The van der Waals surface area contributed by atoms with E-state index in [1.54, 1.807) is 6.20 Å². The summed E-state index contributed by atoms with van der Waals surface area (Å²) in [5.74, 6) is 1.25. The highest BCUT2D eigenvalue weighted by Gasteiger charge is 2.06. The zero-order valence-electron chi connectivity index (χ0n) is 11.1. The van der Waals surface area contributed by atoms with Gasteiger partial charge in [0.1, 0.15) is 5.82 Å². The van der Waals surface area contributed by atoms with Crippen molar-refractivity contribution in [3.8, 4) is 0 Å². The lowest BCUT2D eigenvalue weighted by Gasteiger charge is -2.14. The highest BCUT2D eigenvalue weighted by atomic mass is 15.0. The minimum atomic E-state index is 0.469. The Morgan fingerprint density at radius 2 is 1.94 bits per heavy atom. The molecule has 1 aromatic carbocycles. The molecule has 0 atom stereocenters. The maximum Gasteiger partial charge on any atom is 0.132 e. The van der Waals surface area contributed by atoms with Crippen LogP contribution in [0.25, 0.3) is 0 Å². The second-order valence-corrected chi connectivity index (χ2v) is 4.79. The minimum Gasteiger partial charge on any atom is -0.398 e. The van der Waals surface area contributed by atoms with Crippen molar-refractivity contribution in [2.24, 2.45) is 0 Å². The Balaban J connectivity index is 2.31. The van der Waals surface area contributed by atoms with Crippen molar-refractivity contribution in [1.82, 2.24) is 4.98 Å². The van der Waals surface area contributed by atoms with Gasteiger partial charge in [-0.05, 0) is 30.0 Å². The van der Waals surface area contributed by atoms with Crippen molar-refractivity contribution in [3.63, 3.8) is 0 Å². The van der Waals surface area contributed by atoms with Gasteiger partial charge in [0, 0.05) is 23.6 Å². The van der Waals surface area contributed by atoms with Crippen LogP contribution in [0.1, 0.15) is 30.9 Å². The van der Waals surface area contributed by atoms with Crippen molar-refractivity contribution in [3.05, 3.63) is 47.7 Å². The zero-order valence-corrected chi connectivity index (χ0v) is 11.1. The first kappa shape index (κ1) is 12.4. The van der Waals surface area contributed by atoms with E-state index in [0.717, 1.165) is 22.8 Å². The molecule has 0 saturated carbocycles. The van der Waals surface area contributed by atoms with E-state index in [4.69, 9.17) is 5.73 Å². The second kappa shape index (κ2) is 5.08. The lowest BCUT2D eigenvalue weighted by Crippen LogP contribution is -2.00. The molecule has 0 spiro atoms. The van der Waals surface area contributed by atoms with Gasteiger partial charge in [0.25, 0.3) is 0 Å². The number of nitrogens with zero attached hydrogens (tertiary/aromatic N) is 1. The number of hydrogen-bond acceptors (Lipinski definition) is 3. The van der Waals surface area contributed by atoms with Crippen molar-refractivity contribution < 1.29 is 0 Å². The molecule has 0 radical (unpaired) electrons. The molecule has 2 aromatic rings. The largest absolute Gasteiger partial charge is 0.398 e. The molecule has 0 amide bonds. The number of aromatic nitrogens is 1. The summed E-state index contributed by atoms with van der Waals surface area (Å²) in [6.07, 6.45) is 1.79. The summed E-state index contributed by atoms with van der Waals surface area (Å²) in [5, 5.41) is 3.33. The van der Waals surface area contributed by atoms with Crippen molar-refractivity contribution in [2.45, 2.75) is 26.7 Å². The average Bonchev–Trinajstić information content (AvgIpc) is 2.34. The number of nitrogens with one attached hydrogen (secondary N) is 1. The number of benzene rings is 1. The van der Waals surface area contributed by atoms with Gasteiger partial charge in [-0.2, -0.15) is 0 Å². The molecule has 3 heteroatoms. The first-order valence-corrected chi connectivity index (χ1v) is 6.16. The van der Waals surface area contributed by atoms with E-state index in [9.17, 15) is 0 Å². The van der Waals surface area contributed by atoms with Crippen LogP contribution >= 0.6 is 0 Å². The van der Waals surface area contributed by atoms with E-state index in [0.29, 0.717) is 5.92 Å². The van der Waals surface area contributed by atoms with Gasteiger partial charge in [0.15, 0.2) is 0 Å². The number of pyridine rings is 1. The van der Waals surface area contributed by atoms with Gasteiger partial charge < -0.3 is 11.1 Å². The fourth-order valence-electron chi connectivity index (χ4n) is 1.86. The van der Waals surface area contributed by atoms with Gasteiger partial charge in [-0.25, -0.2) is 4.98 Å². The Bertz CT molecular complexity index is 547. The molecule has 1 heterocycles. The molecule has 0 aliphatic heterocycles. The van der Waals surface area contributed by atoms with E-state index < -0.39 is 0 Å². The van der Waals surface area contributed by atoms with Gasteiger partial charge in [0.05, 0.1) is 0 Å².